The molecule has 0 spiro atoms. The third kappa shape index (κ3) is 5.68. The number of methoxy groups -OCH3 is 1. The number of rotatable bonds is 4. The molecule has 2 aromatic heterocycles. The van der Waals surface area contributed by atoms with Crippen LogP contribution < -0.4 is 9.47 Å². The molecule has 3 heterocycles. The minimum absolute atomic E-state index is 0.246. The van der Waals surface area contributed by atoms with E-state index in [-0.39, 0.29) is 5.75 Å². The van der Waals surface area contributed by atoms with Crippen LogP contribution in [0.15, 0.2) is 55.0 Å². The number of fused-ring (bicyclic) bond motifs is 1. The van der Waals surface area contributed by atoms with E-state index in [1.807, 2.05) is 64.3 Å². The normalized spacial score (nSPS) is 13.8. The summed E-state index contributed by atoms with van der Waals surface area (Å²) < 4.78 is 18.5. The highest BCUT2D eigenvalue weighted by Crippen LogP contribution is 2.38. The summed E-state index contributed by atoms with van der Waals surface area (Å²) in [6, 6.07) is 13.3. The van der Waals surface area contributed by atoms with Crippen molar-refractivity contribution in [1.82, 2.24) is 29.5 Å². The number of ether oxygens (including phenoxy) is 3. The molecule has 40 heavy (non-hydrogen) atoms. The van der Waals surface area contributed by atoms with Gasteiger partial charge in [0.05, 0.1) is 18.3 Å². The largest absolute Gasteiger partial charge is 0.493 e. The predicted molar refractivity (Wildman–Crippen MR) is 149 cm³/mol. The van der Waals surface area contributed by atoms with Crippen LogP contribution >= 0.6 is 0 Å². The van der Waals surface area contributed by atoms with Crippen molar-refractivity contribution in [1.29, 1.82) is 0 Å². The first-order valence-corrected chi connectivity index (χ1v) is 13.0. The van der Waals surface area contributed by atoms with Gasteiger partial charge in [-0.2, -0.15) is 5.10 Å². The van der Waals surface area contributed by atoms with Gasteiger partial charge in [0.15, 0.2) is 11.5 Å². The van der Waals surface area contributed by atoms with E-state index in [2.05, 4.69) is 15.1 Å². The molecule has 11 nitrogen and oxygen atoms in total. The highest BCUT2D eigenvalue weighted by molar-refractivity contribution is 5.97. The second kappa shape index (κ2) is 10.8. The molecule has 4 aromatic rings. The van der Waals surface area contributed by atoms with E-state index < -0.39 is 17.8 Å². The van der Waals surface area contributed by atoms with Gasteiger partial charge in [0.1, 0.15) is 17.6 Å². The van der Waals surface area contributed by atoms with Crippen LogP contribution in [0.5, 0.6) is 11.5 Å². The molecule has 2 amide bonds. The second-order valence-corrected chi connectivity index (χ2v) is 10.5. The van der Waals surface area contributed by atoms with E-state index >= 15 is 0 Å². The first kappa shape index (κ1) is 26.9. The molecule has 2 aromatic carbocycles. The van der Waals surface area contributed by atoms with Crippen LogP contribution in [-0.4, -0.2) is 80.6 Å². The zero-order chi connectivity index (χ0) is 28.4. The third-order valence-corrected chi connectivity index (χ3v) is 6.44. The summed E-state index contributed by atoms with van der Waals surface area (Å²) in [6.45, 7) is 6.80. The number of hydrogen-bond donors (Lipinski definition) is 0. The van der Waals surface area contributed by atoms with Crippen LogP contribution in [0.2, 0.25) is 0 Å². The first-order valence-electron chi connectivity index (χ1n) is 13.0. The molecule has 5 rings (SSSR count). The molecule has 0 radical (unpaired) electrons. The standard InChI is InChI=1S/C29H32N6O5/c1-29(2,3)40-28(37)35-13-11-34(12-14-35)27(36)39-24-15-20-22(16-23(24)38-5)30-18-31-26(20)21-17-33(4)32-25(21)19-9-7-6-8-10-19/h6-10,15-18H,11-14H2,1-5H3. The number of hydrogen-bond acceptors (Lipinski definition) is 8. The van der Waals surface area contributed by atoms with Gasteiger partial charge in [-0.3, -0.25) is 4.68 Å². The van der Waals surface area contributed by atoms with Crippen molar-refractivity contribution in [3.8, 4) is 34.0 Å². The molecule has 1 aliphatic heterocycles. The van der Waals surface area contributed by atoms with Gasteiger partial charge in [-0.15, -0.1) is 0 Å². The Balaban J connectivity index is 1.41. The molecular formula is C29H32N6O5. The minimum Gasteiger partial charge on any atom is -0.493 e. The average Bonchev–Trinajstić information content (AvgIpc) is 3.33. The molecule has 0 atom stereocenters. The summed E-state index contributed by atoms with van der Waals surface area (Å²) in [5.74, 6) is 0.614. The Labute approximate surface area is 232 Å². The van der Waals surface area contributed by atoms with Crippen LogP contribution in [0.4, 0.5) is 9.59 Å². The van der Waals surface area contributed by atoms with Crippen LogP contribution in [-0.2, 0) is 11.8 Å². The highest BCUT2D eigenvalue weighted by atomic mass is 16.6. The third-order valence-electron chi connectivity index (χ3n) is 6.44. The average molecular weight is 545 g/mol. The molecule has 1 fully saturated rings. The molecule has 0 unspecified atom stereocenters. The summed E-state index contributed by atoms with van der Waals surface area (Å²) in [5, 5.41) is 5.36. The second-order valence-electron chi connectivity index (χ2n) is 10.5. The van der Waals surface area contributed by atoms with Gasteiger partial charge in [-0.05, 0) is 26.8 Å². The van der Waals surface area contributed by atoms with Crippen molar-refractivity contribution in [3.63, 3.8) is 0 Å². The number of piperazine rings is 1. The summed E-state index contributed by atoms with van der Waals surface area (Å²) in [4.78, 5) is 37.7. The Morgan fingerprint density at radius 2 is 1.55 bits per heavy atom. The Morgan fingerprint density at radius 1 is 0.875 bits per heavy atom. The topological polar surface area (TPSA) is 112 Å². The van der Waals surface area contributed by atoms with Crippen LogP contribution in [0, 0.1) is 0 Å². The van der Waals surface area contributed by atoms with Gasteiger partial charge in [0, 0.05) is 62.0 Å². The maximum atomic E-state index is 13.1. The lowest BCUT2D eigenvalue weighted by Gasteiger charge is -2.35. The Kier molecular flexibility index (Phi) is 7.29. The monoisotopic (exact) mass is 544 g/mol. The van der Waals surface area contributed by atoms with Gasteiger partial charge in [-0.1, -0.05) is 30.3 Å². The van der Waals surface area contributed by atoms with Gasteiger partial charge >= 0.3 is 12.2 Å². The summed E-state index contributed by atoms with van der Waals surface area (Å²) in [5.41, 5.74) is 3.26. The number of aromatic nitrogens is 4. The molecule has 1 aliphatic rings. The molecule has 0 N–H and O–H groups in total. The van der Waals surface area contributed by atoms with Gasteiger partial charge in [0.25, 0.3) is 0 Å². The quantitative estimate of drug-likeness (QED) is 0.362. The van der Waals surface area contributed by atoms with E-state index in [0.717, 1.165) is 16.8 Å². The van der Waals surface area contributed by atoms with Crippen LogP contribution in [0.3, 0.4) is 0 Å². The van der Waals surface area contributed by atoms with E-state index in [1.165, 1.54) is 13.4 Å². The SMILES string of the molecule is COc1cc2ncnc(-c3cn(C)nc3-c3ccccc3)c2cc1OC(=O)N1CCN(C(=O)OC(C)(C)C)CC1. The Morgan fingerprint density at radius 3 is 2.20 bits per heavy atom. The lowest BCUT2D eigenvalue weighted by atomic mass is 10.0. The highest BCUT2D eigenvalue weighted by Gasteiger charge is 2.29. The molecule has 0 aliphatic carbocycles. The van der Waals surface area contributed by atoms with Crippen LogP contribution in [0.25, 0.3) is 33.4 Å². The van der Waals surface area contributed by atoms with Crippen molar-refractivity contribution in [2.24, 2.45) is 7.05 Å². The number of carbonyl (C=O) groups excluding carboxylic acids is 2. The minimum atomic E-state index is -0.583. The van der Waals surface area contributed by atoms with Gasteiger partial charge < -0.3 is 24.0 Å². The summed E-state index contributed by atoms with van der Waals surface area (Å²) in [7, 11) is 3.37. The van der Waals surface area contributed by atoms with E-state index in [1.54, 1.807) is 26.6 Å². The number of nitrogens with zero attached hydrogens (tertiary/aromatic N) is 6. The molecule has 11 heteroatoms. The fourth-order valence-corrected chi connectivity index (χ4v) is 4.55. The molecule has 1 saturated heterocycles. The number of amides is 2. The number of carbonyl (C=O) groups is 2. The summed E-state index contributed by atoms with van der Waals surface area (Å²) in [6.07, 6.45) is 2.47. The fourth-order valence-electron chi connectivity index (χ4n) is 4.55. The van der Waals surface area contributed by atoms with E-state index in [0.29, 0.717) is 48.5 Å². The Hall–Kier alpha value is -4.67. The lowest BCUT2D eigenvalue weighted by molar-refractivity contribution is 0.0154. The number of aryl methyl sites for hydroxylation is 1. The van der Waals surface area contributed by atoms with E-state index in [9.17, 15) is 9.59 Å². The maximum Gasteiger partial charge on any atom is 0.415 e. The van der Waals surface area contributed by atoms with Crippen molar-refractivity contribution in [3.05, 3.63) is 55.0 Å². The van der Waals surface area contributed by atoms with Crippen molar-refractivity contribution in [2.75, 3.05) is 33.3 Å². The molecular weight excluding hydrogens is 512 g/mol. The predicted octanol–water partition coefficient (Wildman–Crippen LogP) is 4.76. The molecule has 0 bridgehead atoms. The molecule has 208 valence electrons. The van der Waals surface area contributed by atoms with Crippen molar-refractivity contribution >= 4 is 23.1 Å². The van der Waals surface area contributed by atoms with Gasteiger partial charge in [-0.25, -0.2) is 19.6 Å². The van der Waals surface area contributed by atoms with E-state index in [4.69, 9.17) is 14.2 Å². The number of benzene rings is 2. The zero-order valence-electron chi connectivity index (χ0n) is 23.2. The van der Waals surface area contributed by atoms with Crippen molar-refractivity contribution in [2.45, 2.75) is 26.4 Å². The zero-order valence-corrected chi connectivity index (χ0v) is 23.2. The maximum absolute atomic E-state index is 13.1. The van der Waals surface area contributed by atoms with Crippen molar-refractivity contribution < 1.29 is 23.8 Å². The lowest BCUT2D eigenvalue weighted by Crippen LogP contribution is -2.52. The smallest absolute Gasteiger partial charge is 0.415 e. The molecule has 0 saturated carbocycles. The Bertz CT molecular complexity index is 1540. The van der Waals surface area contributed by atoms with Crippen LogP contribution in [0.1, 0.15) is 20.8 Å². The summed E-state index contributed by atoms with van der Waals surface area (Å²) >= 11 is 0. The first-order chi connectivity index (χ1) is 19.1. The van der Waals surface area contributed by atoms with Gasteiger partial charge in [0.2, 0.25) is 0 Å². The fraction of sp³-hybridized carbons (Fsp3) is 0.345.